The van der Waals surface area contributed by atoms with Crippen molar-refractivity contribution in [1.29, 1.82) is 0 Å². The molecule has 1 saturated heterocycles. The van der Waals surface area contributed by atoms with E-state index in [2.05, 4.69) is 17.1 Å². The van der Waals surface area contributed by atoms with Crippen molar-refractivity contribution in [1.82, 2.24) is 10.2 Å². The topological polar surface area (TPSA) is 24.5 Å². The highest BCUT2D eigenvalue weighted by Crippen LogP contribution is 2.36. The lowest BCUT2D eigenvalue weighted by Crippen LogP contribution is -2.52. The van der Waals surface area contributed by atoms with Crippen LogP contribution in [0.25, 0.3) is 0 Å². The summed E-state index contributed by atoms with van der Waals surface area (Å²) in [6.45, 7) is 3.96. The van der Waals surface area contributed by atoms with E-state index in [1.807, 2.05) is 0 Å². The molecule has 1 heterocycles. The van der Waals surface area contributed by atoms with Crippen LogP contribution in [0.5, 0.6) is 0 Å². The van der Waals surface area contributed by atoms with E-state index in [1.54, 1.807) is 7.11 Å². The van der Waals surface area contributed by atoms with Gasteiger partial charge in [0.1, 0.15) is 0 Å². The van der Waals surface area contributed by atoms with Crippen molar-refractivity contribution in [3.05, 3.63) is 0 Å². The van der Waals surface area contributed by atoms with Crippen LogP contribution in [0.15, 0.2) is 0 Å². The van der Waals surface area contributed by atoms with Gasteiger partial charge in [-0.3, -0.25) is 0 Å². The highest BCUT2D eigenvalue weighted by molar-refractivity contribution is 7.80. The fourth-order valence-corrected chi connectivity index (χ4v) is 3.72. The van der Waals surface area contributed by atoms with Crippen molar-refractivity contribution in [3.8, 4) is 0 Å². The monoisotopic (exact) mass is 256 g/mol. The van der Waals surface area contributed by atoms with Crippen molar-refractivity contribution in [3.63, 3.8) is 0 Å². The molecule has 0 radical (unpaired) electrons. The number of likely N-dealkylation sites (tertiary alicyclic amines) is 1. The van der Waals surface area contributed by atoms with Gasteiger partial charge < -0.3 is 15.0 Å². The minimum atomic E-state index is 0.300. The van der Waals surface area contributed by atoms with Crippen molar-refractivity contribution < 1.29 is 4.74 Å². The van der Waals surface area contributed by atoms with Gasteiger partial charge in [-0.05, 0) is 50.7 Å². The van der Waals surface area contributed by atoms with Crippen molar-refractivity contribution in [2.24, 2.45) is 5.92 Å². The number of methoxy groups -OCH3 is 1. The van der Waals surface area contributed by atoms with Gasteiger partial charge >= 0.3 is 0 Å². The Morgan fingerprint density at radius 2 is 2.18 bits per heavy atom. The fraction of sp³-hybridized carbons (Fsp3) is 0.923. The first-order valence-electron chi connectivity index (χ1n) is 6.78. The minimum Gasteiger partial charge on any atom is -0.383 e. The van der Waals surface area contributed by atoms with E-state index in [1.165, 1.54) is 32.1 Å². The SMILES string of the molecule is COCC(C)NC(=S)N1CCCC2CCCC21. The average Bonchev–Trinajstić information content (AvgIpc) is 2.76. The highest BCUT2D eigenvalue weighted by Gasteiger charge is 2.36. The Hall–Kier alpha value is -0.350. The smallest absolute Gasteiger partial charge is 0.169 e. The fourth-order valence-electron chi connectivity index (χ4n) is 3.29. The molecule has 0 aromatic carbocycles. The van der Waals surface area contributed by atoms with Gasteiger partial charge in [-0.15, -0.1) is 0 Å². The summed E-state index contributed by atoms with van der Waals surface area (Å²) in [5, 5.41) is 4.33. The average molecular weight is 256 g/mol. The van der Waals surface area contributed by atoms with Crippen LogP contribution in [0.1, 0.15) is 39.0 Å². The summed E-state index contributed by atoms with van der Waals surface area (Å²) in [5.74, 6) is 0.890. The number of hydrogen-bond donors (Lipinski definition) is 1. The molecule has 0 amide bonds. The lowest BCUT2D eigenvalue weighted by Gasteiger charge is -2.40. The van der Waals surface area contributed by atoms with E-state index in [0.29, 0.717) is 18.7 Å². The molecule has 0 bridgehead atoms. The summed E-state index contributed by atoms with van der Waals surface area (Å²) < 4.78 is 5.14. The third-order valence-electron chi connectivity index (χ3n) is 4.04. The van der Waals surface area contributed by atoms with Gasteiger partial charge in [0.05, 0.1) is 6.61 Å². The zero-order valence-corrected chi connectivity index (χ0v) is 11.8. The summed E-state index contributed by atoms with van der Waals surface area (Å²) in [6, 6.07) is 1.01. The van der Waals surface area contributed by atoms with Gasteiger partial charge in [-0.1, -0.05) is 6.42 Å². The molecular formula is C13H24N2OS. The van der Waals surface area contributed by atoms with E-state index in [4.69, 9.17) is 17.0 Å². The molecule has 0 aromatic heterocycles. The zero-order valence-electron chi connectivity index (χ0n) is 10.9. The Kier molecular flexibility index (Phi) is 4.62. The first-order chi connectivity index (χ1) is 8.22. The maximum absolute atomic E-state index is 5.55. The van der Waals surface area contributed by atoms with Gasteiger partial charge in [-0.2, -0.15) is 0 Å². The number of rotatable bonds is 3. The normalized spacial score (nSPS) is 29.9. The number of fused-ring (bicyclic) bond motifs is 1. The molecule has 4 heteroatoms. The largest absolute Gasteiger partial charge is 0.383 e. The van der Waals surface area contributed by atoms with Gasteiger partial charge in [0.25, 0.3) is 0 Å². The van der Waals surface area contributed by atoms with Crippen LogP contribution in [0.2, 0.25) is 0 Å². The van der Waals surface area contributed by atoms with Gasteiger partial charge in [-0.25, -0.2) is 0 Å². The van der Waals surface area contributed by atoms with E-state index < -0.39 is 0 Å². The second-order valence-corrected chi connectivity index (χ2v) is 5.79. The molecule has 1 aliphatic carbocycles. The molecule has 0 aromatic rings. The molecule has 3 atom stereocenters. The van der Waals surface area contributed by atoms with Crippen LogP contribution < -0.4 is 5.32 Å². The van der Waals surface area contributed by atoms with E-state index in [9.17, 15) is 0 Å². The summed E-state index contributed by atoms with van der Waals surface area (Å²) in [7, 11) is 1.73. The minimum absolute atomic E-state index is 0.300. The van der Waals surface area contributed by atoms with Crippen LogP contribution >= 0.6 is 12.2 Å². The number of thiocarbonyl (C=S) groups is 1. The third-order valence-corrected chi connectivity index (χ3v) is 4.39. The number of piperidine rings is 1. The van der Waals surface area contributed by atoms with Crippen LogP contribution in [0.3, 0.4) is 0 Å². The molecule has 1 N–H and O–H groups in total. The van der Waals surface area contributed by atoms with Crippen LogP contribution in [0, 0.1) is 5.92 Å². The Morgan fingerprint density at radius 3 is 2.94 bits per heavy atom. The van der Waals surface area contributed by atoms with Gasteiger partial charge in [0.15, 0.2) is 5.11 Å². The molecule has 1 aliphatic heterocycles. The lowest BCUT2D eigenvalue weighted by atomic mass is 9.92. The van der Waals surface area contributed by atoms with Crippen LogP contribution in [0.4, 0.5) is 0 Å². The van der Waals surface area contributed by atoms with Gasteiger partial charge in [0, 0.05) is 25.7 Å². The zero-order chi connectivity index (χ0) is 12.3. The summed E-state index contributed by atoms with van der Waals surface area (Å²) in [4.78, 5) is 2.43. The molecule has 98 valence electrons. The highest BCUT2D eigenvalue weighted by atomic mass is 32.1. The quantitative estimate of drug-likeness (QED) is 0.782. The second kappa shape index (κ2) is 6.01. The molecule has 2 aliphatic rings. The molecule has 1 saturated carbocycles. The summed E-state index contributed by atoms with van der Waals surface area (Å²) in [5.41, 5.74) is 0. The van der Waals surface area contributed by atoms with Crippen LogP contribution in [-0.2, 0) is 4.74 Å². The molecule has 3 unspecified atom stereocenters. The molecule has 0 spiro atoms. The van der Waals surface area contributed by atoms with Crippen molar-refractivity contribution in [2.75, 3.05) is 20.3 Å². The summed E-state index contributed by atoms with van der Waals surface area (Å²) in [6.07, 6.45) is 6.80. The first kappa shape index (κ1) is 13.1. The van der Waals surface area contributed by atoms with Crippen molar-refractivity contribution in [2.45, 2.75) is 51.1 Å². The maximum Gasteiger partial charge on any atom is 0.169 e. The Balaban J connectivity index is 1.89. The van der Waals surface area contributed by atoms with Gasteiger partial charge in [0.2, 0.25) is 0 Å². The molecule has 2 fully saturated rings. The molecule has 17 heavy (non-hydrogen) atoms. The maximum atomic E-state index is 5.55. The predicted octanol–water partition coefficient (Wildman–Crippen LogP) is 2.16. The Labute approximate surface area is 110 Å². The summed E-state index contributed by atoms with van der Waals surface area (Å²) >= 11 is 5.55. The standard InChI is InChI=1S/C13H24N2OS/c1-10(9-16-2)14-13(17)15-8-4-6-11-5-3-7-12(11)15/h10-12H,3-9H2,1-2H3,(H,14,17). The molecule has 3 nitrogen and oxygen atoms in total. The predicted molar refractivity (Wildman–Crippen MR) is 74.1 cm³/mol. The number of ether oxygens (including phenoxy) is 1. The Morgan fingerprint density at radius 1 is 1.41 bits per heavy atom. The first-order valence-corrected chi connectivity index (χ1v) is 7.19. The number of nitrogens with one attached hydrogen (secondary N) is 1. The number of nitrogens with zero attached hydrogens (tertiary/aromatic N) is 1. The van der Waals surface area contributed by atoms with E-state index in [0.717, 1.165) is 17.6 Å². The molecular weight excluding hydrogens is 232 g/mol. The number of hydrogen-bond acceptors (Lipinski definition) is 2. The third kappa shape index (κ3) is 3.10. The van der Waals surface area contributed by atoms with Crippen LogP contribution in [-0.4, -0.2) is 42.4 Å². The van der Waals surface area contributed by atoms with E-state index in [-0.39, 0.29) is 0 Å². The lowest BCUT2D eigenvalue weighted by molar-refractivity contribution is 0.167. The van der Waals surface area contributed by atoms with Crippen molar-refractivity contribution >= 4 is 17.3 Å². The van der Waals surface area contributed by atoms with E-state index >= 15 is 0 Å². The second-order valence-electron chi connectivity index (χ2n) is 5.40. The Bertz CT molecular complexity index is 272. The molecule has 2 rings (SSSR count).